The van der Waals surface area contributed by atoms with Crippen LogP contribution in [0.25, 0.3) is 10.8 Å². The number of nitrogens with one attached hydrogen (secondary N) is 2. The number of hydrogen-bond donors (Lipinski definition) is 2. The Morgan fingerprint density at radius 1 is 0.923 bits per heavy atom. The molecule has 0 radical (unpaired) electrons. The molecule has 0 heterocycles. The van der Waals surface area contributed by atoms with E-state index in [1.54, 1.807) is 0 Å². The first-order valence-electron chi connectivity index (χ1n) is 8.97. The molecule has 3 aromatic carbocycles. The molecule has 3 aromatic rings. The molecular weight excluding hydrogens is 322 g/mol. The molecule has 0 aromatic heterocycles. The molecule has 3 rings (SSSR count). The molecule has 0 aliphatic heterocycles. The molecule has 4 heteroatoms. The minimum Gasteiger partial charge on any atom is -0.338 e. The van der Waals surface area contributed by atoms with Gasteiger partial charge in [-0.1, -0.05) is 66.7 Å². The molecule has 2 amide bonds. The van der Waals surface area contributed by atoms with Gasteiger partial charge in [0.1, 0.15) is 0 Å². The van der Waals surface area contributed by atoms with Gasteiger partial charge in [-0.05, 0) is 37.0 Å². The number of fused-ring (bicyclic) bond motifs is 1. The fourth-order valence-electron chi connectivity index (χ4n) is 3.03. The van der Waals surface area contributed by atoms with Crippen LogP contribution in [0.4, 0.5) is 10.5 Å². The smallest absolute Gasteiger partial charge is 0.319 e. The number of carbonyl (C=O) groups excluding carboxylic acids is 1. The largest absolute Gasteiger partial charge is 0.338 e. The quantitative estimate of drug-likeness (QED) is 0.619. The third kappa shape index (κ3) is 5.07. The second-order valence-electron chi connectivity index (χ2n) is 6.48. The Balaban J connectivity index is 1.41. The van der Waals surface area contributed by atoms with E-state index in [4.69, 9.17) is 0 Å². The lowest BCUT2D eigenvalue weighted by molar-refractivity contribution is 0.250. The molecule has 0 saturated carbocycles. The summed E-state index contributed by atoms with van der Waals surface area (Å²) < 4.78 is 0. The number of urea groups is 1. The molecule has 0 aliphatic carbocycles. The van der Waals surface area contributed by atoms with Crippen LogP contribution < -0.4 is 10.6 Å². The van der Waals surface area contributed by atoms with Crippen LogP contribution in [0.15, 0.2) is 72.8 Å². The highest BCUT2D eigenvalue weighted by Crippen LogP contribution is 2.22. The van der Waals surface area contributed by atoms with Crippen LogP contribution >= 0.6 is 0 Å². The highest BCUT2D eigenvalue weighted by atomic mass is 16.2. The summed E-state index contributed by atoms with van der Waals surface area (Å²) in [7, 11) is 2.10. The first-order valence-corrected chi connectivity index (χ1v) is 8.97. The summed E-state index contributed by atoms with van der Waals surface area (Å²) in [5.74, 6) is 0. The van der Waals surface area contributed by atoms with Crippen molar-refractivity contribution < 1.29 is 4.79 Å². The average molecular weight is 347 g/mol. The summed E-state index contributed by atoms with van der Waals surface area (Å²) in [4.78, 5) is 14.4. The predicted molar refractivity (Wildman–Crippen MR) is 108 cm³/mol. The van der Waals surface area contributed by atoms with Gasteiger partial charge in [-0.3, -0.25) is 0 Å². The molecule has 4 nitrogen and oxygen atoms in total. The van der Waals surface area contributed by atoms with E-state index in [1.165, 1.54) is 5.56 Å². The predicted octanol–water partition coefficient (Wildman–Crippen LogP) is 4.48. The maximum atomic E-state index is 12.2. The van der Waals surface area contributed by atoms with Crippen molar-refractivity contribution in [3.8, 4) is 0 Å². The highest BCUT2D eigenvalue weighted by molar-refractivity contribution is 6.01. The van der Waals surface area contributed by atoms with E-state index < -0.39 is 0 Å². The van der Waals surface area contributed by atoms with Gasteiger partial charge in [-0.15, -0.1) is 0 Å². The highest BCUT2D eigenvalue weighted by Gasteiger charge is 2.05. The Labute approximate surface area is 154 Å². The van der Waals surface area contributed by atoms with E-state index in [2.05, 4.69) is 46.8 Å². The van der Waals surface area contributed by atoms with Crippen LogP contribution in [0, 0.1) is 0 Å². The van der Waals surface area contributed by atoms with Crippen molar-refractivity contribution in [2.45, 2.75) is 13.0 Å². The number of amides is 2. The molecular formula is C22H25N3O. The SMILES string of the molecule is CN(CCCNC(=O)Nc1cccc2ccccc12)Cc1ccccc1. The van der Waals surface area contributed by atoms with Crippen LogP contribution in [0.2, 0.25) is 0 Å². The number of carbonyl (C=O) groups is 1. The standard InChI is InChI=1S/C22H25N3O/c1-25(17-18-9-3-2-4-10-18)16-8-15-23-22(26)24-21-14-7-12-19-11-5-6-13-20(19)21/h2-7,9-14H,8,15-17H2,1H3,(H2,23,24,26). The lowest BCUT2D eigenvalue weighted by atomic mass is 10.1. The van der Waals surface area contributed by atoms with Gasteiger partial charge >= 0.3 is 6.03 Å². The van der Waals surface area contributed by atoms with E-state index in [1.807, 2.05) is 48.5 Å². The average Bonchev–Trinajstić information content (AvgIpc) is 2.66. The van der Waals surface area contributed by atoms with Crippen molar-refractivity contribution >= 4 is 22.5 Å². The number of anilines is 1. The molecule has 2 N–H and O–H groups in total. The lowest BCUT2D eigenvalue weighted by Crippen LogP contribution is -2.31. The van der Waals surface area contributed by atoms with Gasteiger partial charge in [0.25, 0.3) is 0 Å². The normalized spacial score (nSPS) is 10.8. The summed E-state index contributed by atoms with van der Waals surface area (Å²) in [6.45, 7) is 2.50. The van der Waals surface area contributed by atoms with Crippen LogP contribution in [-0.4, -0.2) is 31.1 Å². The minimum atomic E-state index is -0.160. The van der Waals surface area contributed by atoms with Gasteiger partial charge < -0.3 is 15.5 Å². The Kier molecular flexibility index (Phi) is 6.23. The molecule has 134 valence electrons. The number of hydrogen-bond acceptors (Lipinski definition) is 2. The molecule has 0 aliphatic rings. The van der Waals surface area contributed by atoms with Gasteiger partial charge in [-0.25, -0.2) is 4.79 Å². The van der Waals surface area contributed by atoms with Crippen LogP contribution in [0.3, 0.4) is 0 Å². The maximum Gasteiger partial charge on any atom is 0.319 e. The van der Waals surface area contributed by atoms with Crippen LogP contribution in [0.1, 0.15) is 12.0 Å². The second kappa shape index (κ2) is 9.02. The number of benzene rings is 3. The first kappa shape index (κ1) is 18.0. The minimum absolute atomic E-state index is 0.160. The van der Waals surface area contributed by atoms with Gasteiger partial charge in [0.05, 0.1) is 5.69 Å². The summed E-state index contributed by atoms with van der Waals surface area (Å²) in [6, 6.07) is 24.2. The Morgan fingerprint density at radius 3 is 2.50 bits per heavy atom. The first-order chi connectivity index (χ1) is 12.7. The van der Waals surface area contributed by atoms with E-state index >= 15 is 0 Å². The third-order valence-electron chi connectivity index (χ3n) is 4.34. The van der Waals surface area contributed by atoms with Gasteiger partial charge in [0.2, 0.25) is 0 Å². The van der Waals surface area contributed by atoms with E-state index in [0.717, 1.165) is 36.0 Å². The van der Waals surface area contributed by atoms with E-state index in [0.29, 0.717) is 6.54 Å². The molecule has 0 atom stereocenters. The zero-order chi connectivity index (χ0) is 18.2. The van der Waals surface area contributed by atoms with Crippen molar-refractivity contribution in [2.75, 3.05) is 25.5 Å². The zero-order valence-corrected chi connectivity index (χ0v) is 15.1. The van der Waals surface area contributed by atoms with Crippen LogP contribution in [-0.2, 0) is 6.54 Å². The Bertz CT molecular complexity index is 843. The maximum absolute atomic E-state index is 12.2. The van der Waals surface area contributed by atoms with Crippen LogP contribution in [0.5, 0.6) is 0 Å². The molecule has 0 fully saturated rings. The number of rotatable bonds is 7. The van der Waals surface area contributed by atoms with Crippen molar-refractivity contribution in [1.29, 1.82) is 0 Å². The summed E-state index contributed by atoms with van der Waals surface area (Å²) in [5, 5.41) is 8.05. The molecule has 0 unspecified atom stereocenters. The van der Waals surface area contributed by atoms with E-state index in [9.17, 15) is 4.79 Å². The summed E-state index contributed by atoms with van der Waals surface area (Å²) in [6.07, 6.45) is 0.909. The van der Waals surface area contributed by atoms with E-state index in [-0.39, 0.29) is 6.03 Å². The van der Waals surface area contributed by atoms with Crippen molar-refractivity contribution in [2.24, 2.45) is 0 Å². The second-order valence-corrected chi connectivity index (χ2v) is 6.48. The monoisotopic (exact) mass is 347 g/mol. The Hall–Kier alpha value is -2.85. The third-order valence-corrected chi connectivity index (χ3v) is 4.34. The van der Waals surface area contributed by atoms with Gasteiger partial charge in [-0.2, -0.15) is 0 Å². The molecule has 0 saturated heterocycles. The molecule has 26 heavy (non-hydrogen) atoms. The summed E-state index contributed by atoms with van der Waals surface area (Å²) in [5.41, 5.74) is 2.14. The van der Waals surface area contributed by atoms with Gasteiger partial charge in [0.15, 0.2) is 0 Å². The van der Waals surface area contributed by atoms with Gasteiger partial charge in [0, 0.05) is 18.5 Å². The topological polar surface area (TPSA) is 44.4 Å². The fraction of sp³-hybridized carbons (Fsp3) is 0.227. The Morgan fingerprint density at radius 2 is 1.65 bits per heavy atom. The lowest BCUT2D eigenvalue weighted by Gasteiger charge is -2.17. The zero-order valence-electron chi connectivity index (χ0n) is 15.1. The number of nitrogens with zero attached hydrogens (tertiary/aromatic N) is 1. The fourth-order valence-corrected chi connectivity index (χ4v) is 3.03. The van der Waals surface area contributed by atoms with Crippen molar-refractivity contribution in [3.63, 3.8) is 0 Å². The van der Waals surface area contributed by atoms with Crippen molar-refractivity contribution in [3.05, 3.63) is 78.4 Å². The molecule has 0 spiro atoms. The molecule has 0 bridgehead atoms. The summed E-state index contributed by atoms with van der Waals surface area (Å²) >= 11 is 0. The van der Waals surface area contributed by atoms with Crippen molar-refractivity contribution in [1.82, 2.24) is 10.2 Å².